The number of likely N-dealkylation sites (N-methyl/N-ethyl adjacent to an activating group) is 1. The molecule has 0 heterocycles. The molecule has 0 aliphatic rings. The van der Waals surface area contributed by atoms with E-state index in [0.29, 0.717) is 5.56 Å². The summed E-state index contributed by atoms with van der Waals surface area (Å²) < 4.78 is 4.71. The lowest BCUT2D eigenvalue weighted by Crippen LogP contribution is -2.55. The lowest BCUT2D eigenvalue weighted by molar-refractivity contribution is -0.161. The molecule has 0 saturated carbocycles. The molecule has 53 heavy (non-hydrogen) atoms. The number of amides is 3. The summed E-state index contributed by atoms with van der Waals surface area (Å²) >= 11 is 0. The molecule has 0 bridgehead atoms. The molecule has 0 spiro atoms. The van der Waals surface area contributed by atoms with Crippen LogP contribution >= 0.6 is 0 Å². The molecule has 1 aromatic carbocycles. The number of hydrogen-bond donors (Lipinski definition) is 12. The van der Waals surface area contributed by atoms with E-state index in [1.165, 1.54) is 33.0 Å². The van der Waals surface area contributed by atoms with Crippen LogP contribution in [-0.4, -0.2) is 127 Å². The maximum atomic E-state index is 13.4. The van der Waals surface area contributed by atoms with Gasteiger partial charge in [-0.2, -0.15) is 0 Å². The Balaban J connectivity index is 2.90. The molecule has 0 aromatic heterocycles. The normalized spacial score (nSPS) is 13.6. The van der Waals surface area contributed by atoms with Crippen LogP contribution in [0.1, 0.15) is 45.1 Å². The van der Waals surface area contributed by atoms with Gasteiger partial charge in [-0.15, -0.1) is 0 Å². The van der Waals surface area contributed by atoms with Crippen molar-refractivity contribution in [3.8, 4) is 5.75 Å². The summed E-state index contributed by atoms with van der Waals surface area (Å²) in [6, 6.07) is 0.635. The molecule has 16 N–H and O–H groups in total. The number of nitrogens with two attached hydrogens (primary N) is 4. The number of primary amides is 1. The standard InChI is InChI=1S/C32H52N12O9/c1-17(42-29(51)21(33)13-19-6-8-20(45)9-7-19)28(50)43-23(5-4-12-39-31(35)36)25(47)15-41-22(10-11-26(34)48)24(46)14-40-18(2)30(52)53-27(49)16-44(3)32(37)38/h6-9,17-18,21-23,40-41,45H,4-5,10-16,33H2,1-3H3,(H2,34,48)(H3,37,38)(H,42,51)(H,43,50)(H4,35,36,39). The van der Waals surface area contributed by atoms with Crippen LogP contribution in [0.5, 0.6) is 5.75 Å². The van der Waals surface area contributed by atoms with Gasteiger partial charge in [-0.1, -0.05) is 12.1 Å². The average molecular weight is 749 g/mol. The molecule has 21 heteroatoms. The number of hydrogen-bond acceptors (Lipinski definition) is 14. The summed E-state index contributed by atoms with van der Waals surface area (Å²) in [6.45, 7) is 1.60. The van der Waals surface area contributed by atoms with E-state index in [0.717, 1.165) is 4.90 Å². The number of aromatic hydroxyl groups is 1. The third kappa shape index (κ3) is 18.4. The van der Waals surface area contributed by atoms with Gasteiger partial charge in [-0.25, -0.2) is 9.59 Å². The average Bonchev–Trinajstić information content (AvgIpc) is 3.08. The highest BCUT2D eigenvalue weighted by molar-refractivity contribution is 5.95. The molecule has 1 rings (SSSR count). The van der Waals surface area contributed by atoms with Crippen molar-refractivity contribution in [2.24, 2.45) is 22.9 Å². The Labute approximate surface area is 306 Å². The molecule has 21 nitrogen and oxygen atoms in total. The predicted molar refractivity (Wildman–Crippen MR) is 192 cm³/mol. The van der Waals surface area contributed by atoms with E-state index in [1.807, 2.05) is 0 Å². The van der Waals surface area contributed by atoms with Gasteiger partial charge in [0.1, 0.15) is 24.4 Å². The summed E-state index contributed by atoms with van der Waals surface area (Å²) in [5, 5.41) is 37.2. The minimum absolute atomic E-state index is 0.0509. The number of phenols is 1. The van der Waals surface area contributed by atoms with Crippen LogP contribution in [0.3, 0.4) is 0 Å². The molecule has 0 aliphatic carbocycles. The topological polar surface area (TPSA) is 364 Å². The second-order valence-corrected chi connectivity index (χ2v) is 12.3. The van der Waals surface area contributed by atoms with Gasteiger partial charge < -0.3 is 58.9 Å². The molecule has 294 valence electrons. The van der Waals surface area contributed by atoms with E-state index >= 15 is 0 Å². The molecule has 5 atom stereocenters. The maximum Gasteiger partial charge on any atom is 0.333 e. The van der Waals surface area contributed by atoms with Crippen molar-refractivity contribution in [1.29, 1.82) is 10.8 Å². The van der Waals surface area contributed by atoms with Crippen molar-refractivity contribution >= 4 is 53.1 Å². The summed E-state index contributed by atoms with van der Waals surface area (Å²) in [5.74, 6) is -5.80. The van der Waals surface area contributed by atoms with Crippen molar-refractivity contribution in [3.05, 3.63) is 29.8 Å². The van der Waals surface area contributed by atoms with Gasteiger partial charge in [0.15, 0.2) is 23.5 Å². The van der Waals surface area contributed by atoms with Crippen LogP contribution in [0, 0.1) is 10.8 Å². The van der Waals surface area contributed by atoms with E-state index in [2.05, 4.69) is 26.6 Å². The Kier molecular flexibility index (Phi) is 19.7. The Hall–Kier alpha value is -5.67. The number of ketones is 2. The summed E-state index contributed by atoms with van der Waals surface area (Å²) in [6.07, 6.45) is 0.158. The maximum absolute atomic E-state index is 13.4. The summed E-state index contributed by atoms with van der Waals surface area (Å²) in [7, 11) is 1.35. The second kappa shape index (κ2) is 23.0. The molecule has 1 aromatic rings. The first-order valence-electron chi connectivity index (χ1n) is 16.6. The number of carbonyl (C=O) groups is 7. The number of ether oxygens (including phenoxy) is 1. The number of guanidine groups is 2. The zero-order valence-corrected chi connectivity index (χ0v) is 30.0. The fourth-order valence-electron chi connectivity index (χ4n) is 4.49. The van der Waals surface area contributed by atoms with Crippen molar-refractivity contribution < 1.29 is 43.4 Å². The van der Waals surface area contributed by atoms with Crippen molar-refractivity contribution in [2.75, 3.05) is 33.2 Å². The highest BCUT2D eigenvalue weighted by atomic mass is 16.6. The Morgan fingerprint density at radius 3 is 2.04 bits per heavy atom. The molecule has 0 radical (unpaired) electrons. The second-order valence-electron chi connectivity index (χ2n) is 12.3. The first-order valence-corrected chi connectivity index (χ1v) is 16.6. The van der Waals surface area contributed by atoms with Crippen molar-refractivity contribution in [2.45, 2.75) is 76.2 Å². The number of nitrogens with one attached hydrogen (secondary N) is 7. The number of phenolic OH excluding ortho intramolecular Hbond substituents is 1. The van der Waals surface area contributed by atoms with Gasteiger partial charge in [-0.3, -0.25) is 40.1 Å². The summed E-state index contributed by atoms with van der Waals surface area (Å²) in [4.78, 5) is 89.1. The minimum atomic E-state index is -1.13. The third-order valence-electron chi connectivity index (χ3n) is 7.69. The third-order valence-corrected chi connectivity index (χ3v) is 7.69. The van der Waals surface area contributed by atoms with Crippen LogP contribution in [0.2, 0.25) is 0 Å². The largest absolute Gasteiger partial charge is 0.508 e. The number of nitrogens with zero attached hydrogens (tertiary/aromatic N) is 1. The number of esters is 2. The van der Waals surface area contributed by atoms with Crippen LogP contribution in [0.25, 0.3) is 0 Å². The van der Waals surface area contributed by atoms with Crippen LogP contribution in [0.15, 0.2) is 24.3 Å². The Bertz CT molecular complexity index is 1470. The van der Waals surface area contributed by atoms with Crippen LogP contribution in [0.4, 0.5) is 0 Å². The highest BCUT2D eigenvalue weighted by Crippen LogP contribution is 2.11. The molecular weight excluding hydrogens is 696 g/mol. The number of benzene rings is 1. The van der Waals surface area contributed by atoms with E-state index in [-0.39, 0.29) is 50.4 Å². The highest BCUT2D eigenvalue weighted by Gasteiger charge is 2.28. The smallest absolute Gasteiger partial charge is 0.333 e. The quantitative estimate of drug-likeness (QED) is 0.0157. The number of Topliss-reactive ketones (excluding diaryl/α,β-unsaturated/α-hetero) is 2. The zero-order valence-electron chi connectivity index (χ0n) is 30.0. The van der Waals surface area contributed by atoms with E-state index in [1.54, 1.807) is 12.1 Å². The van der Waals surface area contributed by atoms with E-state index in [4.69, 9.17) is 38.5 Å². The lowest BCUT2D eigenvalue weighted by Gasteiger charge is -2.23. The molecule has 0 aliphatic heterocycles. The number of carbonyl (C=O) groups excluding carboxylic acids is 7. The first kappa shape index (κ1) is 45.4. The Morgan fingerprint density at radius 2 is 1.45 bits per heavy atom. The zero-order chi connectivity index (χ0) is 40.2. The van der Waals surface area contributed by atoms with Gasteiger partial charge in [0.25, 0.3) is 0 Å². The van der Waals surface area contributed by atoms with Crippen molar-refractivity contribution in [1.82, 2.24) is 31.5 Å². The Morgan fingerprint density at radius 1 is 0.849 bits per heavy atom. The van der Waals surface area contributed by atoms with E-state index in [9.17, 15) is 38.7 Å². The van der Waals surface area contributed by atoms with Gasteiger partial charge in [0.2, 0.25) is 17.7 Å². The van der Waals surface area contributed by atoms with Gasteiger partial charge in [0.05, 0.1) is 31.2 Å². The monoisotopic (exact) mass is 748 g/mol. The molecule has 3 amide bonds. The fourth-order valence-corrected chi connectivity index (χ4v) is 4.49. The first-order chi connectivity index (χ1) is 24.8. The van der Waals surface area contributed by atoms with Crippen molar-refractivity contribution in [3.63, 3.8) is 0 Å². The molecule has 5 unspecified atom stereocenters. The SMILES string of the molecule is CC(NC(=O)C(N)Cc1ccc(O)cc1)C(=O)NC(CCCNC(=N)N)C(=O)CNC(CCC(N)=O)C(=O)CNC(C)C(=O)OC(=O)CN(C)C(=N)N. The number of rotatable bonds is 24. The van der Waals surface area contributed by atoms with Gasteiger partial charge in [-0.05, 0) is 57.2 Å². The predicted octanol–water partition coefficient (Wildman–Crippen LogP) is -4.25. The van der Waals surface area contributed by atoms with E-state index < -0.39 is 97.0 Å². The van der Waals surface area contributed by atoms with Crippen LogP contribution in [-0.2, 0) is 44.7 Å². The van der Waals surface area contributed by atoms with Crippen LogP contribution < -0.4 is 49.5 Å². The van der Waals surface area contributed by atoms with Gasteiger partial charge in [0, 0.05) is 20.0 Å². The lowest BCUT2D eigenvalue weighted by atomic mass is 10.0. The molecule has 0 saturated heterocycles. The van der Waals surface area contributed by atoms with Gasteiger partial charge >= 0.3 is 11.9 Å². The fraction of sp³-hybridized carbons (Fsp3) is 0.531. The summed E-state index contributed by atoms with van der Waals surface area (Å²) in [5.41, 5.74) is 22.6. The molecular formula is C32H52N12O9. The minimum Gasteiger partial charge on any atom is -0.508 e. The molecule has 0 fully saturated rings.